The van der Waals surface area contributed by atoms with E-state index in [0.29, 0.717) is 12.1 Å². The molecule has 0 bridgehead atoms. The quantitative estimate of drug-likeness (QED) is 0.790. The van der Waals surface area contributed by atoms with Crippen LogP contribution in [-0.4, -0.2) is 26.5 Å². The van der Waals surface area contributed by atoms with Crippen molar-refractivity contribution in [3.63, 3.8) is 0 Å². The zero-order valence-corrected chi connectivity index (χ0v) is 15.3. The van der Waals surface area contributed by atoms with Crippen molar-refractivity contribution in [2.75, 3.05) is 6.54 Å². The molecular formula is C20H23N3O3. The molecule has 1 fully saturated rings. The van der Waals surface area contributed by atoms with Crippen LogP contribution >= 0.6 is 0 Å². The molecular weight excluding hydrogens is 330 g/mol. The third-order valence-corrected chi connectivity index (χ3v) is 4.96. The van der Waals surface area contributed by atoms with Gasteiger partial charge in [-0.3, -0.25) is 14.2 Å². The molecule has 1 atom stereocenters. The van der Waals surface area contributed by atoms with E-state index in [0.717, 1.165) is 17.4 Å². The summed E-state index contributed by atoms with van der Waals surface area (Å²) in [5.74, 6) is -0.119. The van der Waals surface area contributed by atoms with Crippen molar-refractivity contribution >= 4 is 12.0 Å². The van der Waals surface area contributed by atoms with Crippen LogP contribution in [0.25, 0.3) is 6.08 Å². The van der Waals surface area contributed by atoms with Gasteiger partial charge in [-0.2, -0.15) is 0 Å². The van der Waals surface area contributed by atoms with Crippen LogP contribution in [0, 0.1) is 6.92 Å². The normalized spacial score (nSPS) is 17.2. The predicted molar refractivity (Wildman–Crippen MR) is 101 cm³/mol. The fourth-order valence-electron chi connectivity index (χ4n) is 3.52. The zero-order chi connectivity index (χ0) is 18.8. The van der Waals surface area contributed by atoms with Gasteiger partial charge in [0.2, 0.25) is 5.91 Å². The van der Waals surface area contributed by atoms with Crippen LogP contribution in [0.1, 0.15) is 35.6 Å². The highest BCUT2D eigenvalue weighted by Gasteiger charge is 2.29. The minimum absolute atomic E-state index is 0.0660. The minimum atomic E-state index is -0.408. The third-order valence-electron chi connectivity index (χ3n) is 4.96. The van der Waals surface area contributed by atoms with Crippen molar-refractivity contribution < 1.29 is 4.79 Å². The smallest absolute Gasteiger partial charge is 0.330 e. The molecule has 0 spiro atoms. The van der Waals surface area contributed by atoms with E-state index in [1.54, 1.807) is 7.05 Å². The van der Waals surface area contributed by atoms with Gasteiger partial charge in [-0.15, -0.1) is 0 Å². The minimum Gasteiger partial charge on any atom is -0.332 e. The number of carbonyl (C=O) groups excluding carboxylic acids is 1. The van der Waals surface area contributed by atoms with Crippen LogP contribution in [-0.2, 0) is 18.9 Å². The number of likely N-dealkylation sites (tertiary alicyclic amines) is 1. The largest absolute Gasteiger partial charge is 0.332 e. The molecule has 1 aromatic heterocycles. The summed E-state index contributed by atoms with van der Waals surface area (Å²) in [4.78, 5) is 38.5. The Bertz CT molecular complexity index is 985. The van der Waals surface area contributed by atoms with E-state index >= 15 is 0 Å². The van der Waals surface area contributed by atoms with Gasteiger partial charge in [0, 0.05) is 32.9 Å². The van der Waals surface area contributed by atoms with Crippen molar-refractivity contribution in [3.05, 3.63) is 74.1 Å². The van der Waals surface area contributed by atoms with Crippen LogP contribution < -0.4 is 11.2 Å². The average Bonchev–Trinajstić information content (AvgIpc) is 3.11. The number of hydrogen-bond acceptors (Lipinski definition) is 3. The van der Waals surface area contributed by atoms with Crippen molar-refractivity contribution in [1.82, 2.24) is 14.0 Å². The first-order valence-electron chi connectivity index (χ1n) is 8.71. The lowest BCUT2D eigenvalue weighted by Crippen LogP contribution is -2.37. The third kappa shape index (κ3) is 3.27. The molecule has 0 saturated carbocycles. The molecule has 1 aliphatic heterocycles. The molecule has 1 amide bonds. The van der Waals surface area contributed by atoms with E-state index in [4.69, 9.17) is 0 Å². The van der Waals surface area contributed by atoms with Gasteiger partial charge in [-0.05, 0) is 37.0 Å². The number of aryl methyl sites for hydroxylation is 2. The van der Waals surface area contributed by atoms with Gasteiger partial charge >= 0.3 is 5.69 Å². The molecule has 2 heterocycles. The van der Waals surface area contributed by atoms with Crippen LogP contribution in [0.5, 0.6) is 0 Å². The number of carbonyl (C=O) groups is 1. The standard InChI is InChI=1S/C20H23N3O3/c1-14-7-4-5-8-16(14)17-9-6-12-23(17)18(24)11-10-15-13-21(2)20(26)22(3)19(15)25/h4-5,7-8,10-11,13,17H,6,9,12H2,1-3H3. The van der Waals surface area contributed by atoms with Gasteiger partial charge in [-0.25, -0.2) is 4.79 Å². The molecule has 0 radical (unpaired) electrons. The maximum absolute atomic E-state index is 12.7. The van der Waals surface area contributed by atoms with Gasteiger partial charge in [0.05, 0.1) is 11.6 Å². The summed E-state index contributed by atoms with van der Waals surface area (Å²) < 4.78 is 2.37. The van der Waals surface area contributed by atoms with E-state index in [9.17, 15) is 14.4 Å². The Balaban J connectivity index is 1.86. The van der Waals surface area contributed by atoms with Gasteiger partial charge in [0.25, 0.3) is 5.56 Å². The summed E-state index contributed by atoms with van der Waals surface area (Å²) in [6.07, 6.45) is 6.28. The lowest BCUT2D eigenvalue weighted by atomic mass is 9.99. The topological polar surface area (TPSA) is 64.3 Å². The maximum Gasteiger partial charge on any atom is 0.330 e. The lowest BCUT2D eigenvalue weighted by molar-refractivity contribution is -0.126. The Hall–Kier alpha value is -2.89. The number of rotatable bonds is 3. The Morgan fingerprint density at radius 1 is 1.19 bits per heavy atom. The lowest BCUT2D eigenvalue weighted by Gasteiger charge is -2.25. The van der Waals surface area contributed by atoms with Crippen molar-refractivity contribution in [3.8, 4) is 0 Å². The molecule has 3 rings (SSSR count). The molecule has 2 aromatic rings. The Morgan fingerprint density at radius 2 is 1.92 bits per heavy atom. The average molecular weight is 353 g/mol. The van der Waals surface area contributed by atoms with Crippen LogP contribution in [0.15, 0.2) is 46.1 Å². The van der Waals surface area contributed by atoms with Crippen LogP contribution in [0.2, 0.25) is 0 Å². The molecule has 6 nitrogen and oxygen atoms in total. The SMILES string of the molecule is Cc1ccccc1C1CCCN1C(=O)C=Cc1cn(C)c(=O)n(C)c1=O. The Labute approximate surface area is 152 Å². The van der Waals surface area contributed by atoms with Crippen molar-refractivity contribution in [1.29, 1.82) is 0 Å². The molecule has 1 aromatic carbocycles. The zero-order valence-electron chi connectivity index (χ0n) is 15.3. The summed E-state index contributed by atoms with van der Waals surface area (Å²) in [5, 5.41) is 0. The van der Waals surface area contributed by atoms with Gasteiger partial charge in [-0.1, -0.05) is 24.3 Å². The first kappa shape index (κ1) is 17.9. The highest BCUT2D eigenvalue weighted by atomic mass is 16.2. The summed E-state index contributed by atoms with van der Waals surface area (Å²) in [6, 6.07) is 8.18. The highest BCUT2D eigenvalue weighted by Crippen LogP contribution is 2.33. The predicted octanol–water partition coefficient (Wildman–Crippen LogP) is 1.77. The van der Waals surface area contributed by atoms with Gasteiger partial charge < -0.3 is 9.47 Å². The first-order chi connectivity index (χ1) is 12.4. The monoisotopic (exact) mass is 353 g/mol. The Morgan fingerprint density at radius 3 is 2.65 bits per heavy atom. The summed E-state index contributed by atoms with van der Waals surface area (Å²) in [7, 11) is 3.01. The molecule has 26 heavy (non-hydrogen) atoms. The second-order valence-corrected chi connectivity index (χ2v) is 6.72. The molecule has 1 unspecified atom stereocenters. The Kier molecular flexibility index (Phi) is 4.93. The first-order valence-corrected chi connectivity index (χ1v) is 8.71. The molecule has 0 N–H and O–H groups in total. The number of aromatic nitrogens is 2. The number of amides is 1. The maximum atomic E-state index is 12.7. The fourth-order valence-corrected chi connectivity index (χ4v) is 3.52. The van der Waals surface area contributed by atoms with E-state index < -0.39 is 11.2 Å². The highest BCUT2D eigenvalue weighted by molar-refractivity contribution is 5.92. The number of nitrogens with zero attached hydrogens (tertiary/aromatic N) is 3. The summed E-state index contributed by atoms with van der Waals surface area (Å²) in [6.45, 7) is 2.76. The van der Waals surface area contributed by atoms with E-state index in [2.05, 4.69) is 19.1 Å². The van der Waals surface area contributed by atoms with E-state index in [1.807, 2.05) is 17.0 Å². The molecule has 1 saturated heterocycles. The second kappa shape index (κ2) is 7.15. The number of hydrogen-bond donors (Lipinski definition) is 0. The molecule has 0 aliphatic carbocycles. The summed E-state index contributed by atoms with van der Waals surface area (Å²) in [5.41, 5.74) is 1.86. The number of benzene rings is 1. The van der Waals surface area contributed by atoms with Crippen molar-refractivity contribution in [2.45, 2.75) is 25.8 Å². The van der Waals surface area contributed by atoms with Crippen LogP contribution in [0.3, 0.4) is 0 Å². The fraction of sp³-hybridized carbons (Fsp3) is 0.350. The van der Waals surface area contributed by atoms with Crippen LogP contribution in [0.4, 0.5) is 0 Å². The molecule has 6 heteroatoms. The van der Waals surface area contributed by atoms with Gasteiger partial charge in [0.1, 0.15) is 0 Å². The van der Waals surface area contributed by atoms with E-state index in [1.165, 1.54) is 41.1 Å². The second-order valence-electron chi connectivity index (χ2n) is 6.72. The summed E-state index contributed by atoms with van der Waals surface area (Å²) >= 11 is 0. The molecule has 1 aliphatic rings. The van der Waals surface area contributed by atoms with Gasteiger partial charge in [0.15, 0.2) is 0 Å². The molecule has 136 valence electrons. The van der Waals surface area contributed by atoms with E-state index in [-0.39, 0.29) is 11.9 Å². The van der Waals surface area contributed by atoms with Crippen molar-refractivity contribution in [2.24, 2.45) is 14.1 Å².